The smallest absolute Gasteiger partial charge is 0.335 e. The molecule has 0 saturated heterocycles. The van der Waals surface area contributed by atoms with Gasteiger partial charge in [0.15, 0.2) is 0 Å². The number of benzene rings is 1. The fourth-order valence-electron chi connectivity index (χ4n) is 1.68. The lowest BCUT2D eigenvalue weighted by molar-refractivity contribution is 0.0697. The van der Waals surface area contributed by atoms with Crippen molar-refractivity contribution in [2.45, 2.75) is 12.8 Å². The van der Waals surface area contributed by atoms with Gasteiger partial charge in [0.05, 0.1) is 16.3 Å². The summed E-state index contributed by atoms with van der Waals surface area (Å²) in [5.41, 5.74) is 0.350. The second-order valence-corrected chi connectivity index (χ2v) is 5.30. The molecule has 7 heteroatoms. The topological polar surface area (TPSA) is 81.7 Å². The third-order valence-corrected chi connectivity index (χ3v) is 3.11. The number of carbonyl (C=O) groups excluding carboxylic acids is 1. The van der Waals surface area contributed by atoms with Crippen molar-refractivity contribution in [2.24, 2.45) is 0 Å². The van der Waals surface area contributed by atoms with E-state index < -0.39 is 12.0 Å². The van der Waals surface area contributed by atoms with E-state index in [1.54, 1.807) is 0 Å². The SMILES string of the molecule is CN(C)CCCCNC(=O)Nc1cc(C(=O)O)ccc1Cl. The number of amides is 2. The predicted molar refractivity (Wildman–Crippen MR) is 83.2 cm³/mol. The van der Waals surface area contributed by atoms with E-state index >= 15 is 0 Å². The number of anilines is 1. The predicted octanol–water partition coefficient (Wildman–Crippen LogP) is 2.50. The number of aromatic carboxylic acids is 1. The molecular formula is C14H20ClN3O3. The lowest BCUT2D eigenvalue weighted by Crippen LogP contribution is -2.30. The van der Waals surface area contributed by atoms with Gasteiger partial charge in [-0.2, -0.15) is 0 Å². The number of hydrogen-bond acceptors (Lipinski definition) is 3. The van der Waals surface area contributed by atoms with Crippen LogP contribution in [0.5, 0.6) is 0 Å². The molecule has 0 atom stereocenters. The number of carboxylic acids is 1. The molecule has 0 aliphatic rings. The first-order chi connectivity index (χ1) is 9.90. The fourth-order valence-corrected chi connectivity index (χ4v) is 1.84. The molecule has 3 N–H and O–H groups in total. The first-order valence-electron chi connectivity index (χ1n) is 6.62. The van der Waals surface area contributed by atoms with Crippen molar-refractivity contribution in [1.29, 1.82) is 0 Å². The summed E-state index contributed by atoms with van der Waals surface area (Å²) in [6, 6.07) is 3.76. The monoisotopic (exact) mass is 313 g/mol. The zero-order valence-electron chi connectivity index (χ0n) is 12.1. The Kier molecular flexibility index (Phi) is 6.98. The van der Waals surface area contributed by atoms with Crippen LogP contribution in [0.2, 0.25) is 5.02 Å². The number of urea groups is 1. The van der Waals surface area contributed by atoms with Crippen LogP contribution in [0.3, 0.4) is 0 Å². The Morgan fingerprint density at radius 3 is 2.62 bits per heavy atom. The quantitative estimate of drug-likeness (QED) is 0.676. The van der Waals surface area contributed by atoms with Gasteiger partial charge in [0.2, 0.25) is 0 Å². The summed E-state index contributed by atoms with van der Waals surface area (Å²) in [6.07, 6.45) is 1.86. The van der Waals surface area contributed by atoms with E-state index in [1.165, 1.54) is 18.2 Å². The van der Waals surface area contributed by atoms with Gasteiger partial charge in [0.25, 0.3) is 0 Å². The molecule has 1 aromatic carbocycles. The molecule has 21 heavy (non-hydrogen) atoms. The number of carboxylic acid groups (broad SMARTS) is 1. The molecule has 6 nitrogen and oxygen atoms in total. The molecule has 0 spiro atoms. The van der Waals surface area contributed by atoms with Crippen LogP contribution in [0.15, 0.2) is 18.2 Å². The van der Waals surface area contributed by atoms with E-state index in [4.69, 9.17) is 16.7 Å². The van der Waals surface area contributed by atoms with Gasteiger partial charge in [-0.1, -0.05) is 11.6 Å². The molecular weight excluding hydrogens is 294 g/mol. The van der Waals surface area contributed by atoms with Gasteiger partial charge in [-0.3, -0.25) is 0 Å². The molecule has 0 saturated carbocycles. The average Bonchev–Trinajstić information content (AvgIpc) is 2.40. The highest BCUT2D eigenvalue weighted by molar-refractivity contribution is 6.33. The number of carbonyl (C=O) groups is 2. The Bertz CT molecular complexity index is 506. The largest absolute Gasteiger partial charge is 0.478 e. The maximum absolute atomic E-state index is 11.7. The first kappa shape index (κ1) is 17.3. The molecule has 0 unspecified atom stereocenters. The molecule has 0 fully saturated rings. The van der Waals surface area contributed by atoms with Gasteiger partial charge in [-0.15, -0.1) is 0 Å². The molecule has 116 valence electrons. The van der Waals surface area contributed by atoms with Crippen LogP contribution in [-0.4, -0.2) is 49.2 Å². The number of halogens is 1. The van der Waals surface area contributed by atoms with Crippen LogP contribution in [0.25, 0.3) is 0 Å². The van der Waals surface area contributed by atoms with E-state index in [-0.39, 0.29) is 11.3 Å². The van der Waals surface area contributed by atoms with E-state index in [9.17, 15) is 9.59 Å². The highest BCUT2D eigenvalue weighted by Gasteiger charge is 2.09. The molecule has 0 heterocycles. The zero-order valence-corrected chi connectivity index (χ0v) is 12.9. The molecule has 1 aromatic rings. The van der Waals surface area contributed by atoms with Gasteiger partial charge in [0, 0.05) is 6.54 Å². The lowest BCUT2D eigenvalue weighted by Gasteiger charge is -2.11. The summed E-state index contributed by atoms with van der Waals surface area (Å²) in [5, 5.41) is 14.5. The van der Waals surface area contributed by atoms with Crippen molar-refractivity contribution in [3.63, 3.8) is 0 Å². The molecule has 0 radical (unpaired) electrons. The van der Waals surface area contributed by atoms with Gasteiger partial charge in [0.1, 0.15) is 0 Å². The third kappa shape index (κ3) is 6.46. The standard InChI is InChI=1S/C14H20ClN3O3/c1-18(2)8-4-3-7-16-14(21)17-12-9-10(13(19)20)5-6-11(12)15/h5-6,9H,3-4,7-8H2,1-2H3,(H,19,20)(H2,16,17,21). The van der Waals surface area contributed by atoms with Crippen molar-refractivity contribution in [3.05, 3.63) is 28.8 Å². The maximum Gasteiger partial charge on any atom is 0.335 e. The Hall–Kier alpha value is -1.79. The normalized spacial score (nSPS) is 10.5. The van der Waals surface area contributed by atoms with Crippen LogP contribution in [0.1, 0.15) is 23.2 Å². The average molecular weight is 314 g/mol. The van der Waals surface area contributed by atoms with Crippen LogP contribution >= 0.6 is 11.6 Å². The van der Waals surface area contributed by atoms with Gasteiger partial charge in [-0.25, -0.2) is 9.59 Å². The van der Waals surface area contributed by atoms with Gasteiger partial charge >= 0.3 is 12.0 Å². The highest BCUT2D eigenvalue weighted by atomic mass is 35.5. The van der Waals surface area contributed by atoms with Crippen molar-refractivity contribution in [2.75, 3.05) is 32.5 Å². The van der Waals surface area contributed by atoms with E-state index in [2.05, 4.69) is 15.5 Å². The van der Waals surface area contributed by atoms with Crippen molar-refractivity contribution >= 4 is 29.3 Å². The summed E-state index contributed by atoms with van der Waals surface area (Å²) in [4.78, 5) is 24.7. The summed E-state index contributed by atoms with van der Waals surface area (Å²) < 4.78 is 0. The summed E-state index contributed by atoms with van der Waals surface area (Å²) in [7, 11) is 4.00. The molecule has 0 aliphatic heterocycles. The zero-order chi connectivity index (χ0) is 15.8. The summed E-state index contributed by atoms with van der Waals surface area (Å²) in [5.74, 6) is -1.07. The Labute approximate surface area is 129 Å². The Morgan fingerprint density at radius 1 is 1.29 bits per heavy atom. The van der Waals surface area contributed by atoms with Crippen LogP contribution < -0.4 is 10.6 Å². The van der Waals surface area contributed by atoms with Gasteiger partial charge < -0.3 is 20.6 Å². The number of hydrogen-bond donors (Lipinski definition) is 3. The van der Waals surface area contributed by atoms with E-state index in [0.29, 0.717) is 11.6 Å². The summed E-state index contributed by atoms with van der Waals surface area (Å²) in [6.45, 7) is 1.52. The number of unbranched alkanes of at least 4 members (excludes halogenated alkanes) is 1. The van der Waals surface area contributed by atoms with Crippen LogP contribution in [0, 0.1) is 0 Å². The minimum Gasteiger partial charge on any atom is -0.478 e. The molecule has 1 rings (SSSR count). The van der Waals surface area contributed by atoms with Gasteiger partial charge in [-0.05, 0) is 51.7 Å². The van der Waals surface area contributed by atoms with E-state index in [0.717, 1.165) is 19.4 Å². The summed E-state index contributed by atoms with van der Waals surface area (Å²) >= 11 is 5.92. The molecule has 0 aromatic heterocycles. The Balaban J connectivity index is 2.44. The van der Waals surface area contributed by atoms with E-state index in [1.807, 2.05) is 14.1 Å². The van der Waals surface area contributed by atoms with Crippen LogP contribution in [-0.2, 0) is 0 Å². The third-order valence-electron chi connectivity index (χ3n) is 2.78. The fraction of sp³-hybridized carbons (Fsp3) is 0.429. The number of nitrogens with one attached hydrogen (secondary N) is 2. The van der Waals surface area contributed by atoms with Crippen molar-refractivity contribution in [3.8, 4) is 0 Å². The second-order valence-electron chi connectivity index (χ2n) is 4.89. The lowest BCUT2D eigenvalue weighted by atomic mass is 10.2. The number of nitrogens with zero attached hydrogens (tertiary/aromatic N) is 1. The maximum atomic E-state index is 11.7. The van der Waals surface area contributed by atoms with Crippen molar-refractivity contribution < 1.29 is 14.7 Å². The number of rotatable bonds is 7. The highest BCUT2D eigenvalue weighted by Crippen LogP contribution is 2.22. The molecule has 0 bridgehead atoms. The Morgan fingerprint density at radius 2 is 2.00 bits per heavy atom. The molecule has 2 amide bonds. The minimum absolute atomic E-state index is 0.0701. The second kappa shape index (κ2) is 8.49. The minimum atomic E-state index is -1.07. The van der Waals surface area contributed by atoms with Crippen LogP contribution in [0.4, 0.5) is 10.5 Å². The molecule has 0 aliphatic carbocycles. The van der Waals surface area contributed by atoms with Crippen molar-refractivity contribution in [1.82, 2.24) is 10.2 Å². The first-order valence-corrected chi connectivity index (χ1v) is 7.00.